The van der Waals surface area contributed by atoms with E-state index >= 15 is 0 Å². The fourth-order valence-corrected chi connectivity index (χ4v) is 1.91. The van der Waals surface area contributed by atoms with Gasteiger partial charge < -0.3 is 20.6 Å². The van der Waals surface area contributed by atoms with Crippen molar-refractivity contribution in [3.8, 4) is 0 Å². The summed E-state index contributed by atoms with van der Waals surface area (Å²) in [6.07, 6.45) is -2.48. The molecule has 0 aliphatic carbocycles. The normalized spacial score (nSPS) is 13.9. The Bertz CT molecular complexity index is 530. The summed E-state index contributed by atoms with van der Waals surface area (Å²) in [5, 5.41) is 39.9. The van der Waals surface area contributed by atoms with Crippen molar-refractivity contribution in [1.82, 2.24) is 0 Å². The van der Waals surface area contributed by atoms with E-state index in [0.29, 0.717) is 5.56 Å². The summed E-state index contributed by atoms with van der Waals surface area (Å²) >= 11 is 0. The third-order valence-electron chi connectivity index (χ3n) is 2.90. The molecular formula is C14H14NO4-. The second kappa shape index (κ2) is 5.81. The van der Waals surface area contributed by atoms with Crippen molar-refractivity contribution >= 4 is 5.69 Å². The Labute approximate surface area is 110 Å². The Balaban J connectivity index is 2.32. The molecule has 2 rings (SSSR count). The second-order valence-corrected chi connectivity index (χ2v) is 4.13. The zero-order valence-corrected chi connectivity index (χ0v) is 10.0. The van der Waals surface area contributed by atoms with Gasteiger partial charge in [0.2, 0.25) is 0 Å². The largest absolute Gasteiger partial charge is 0.733 e. The minimum Gasteiger partial charge on any atom is -0.733 e. The molecule has 0 radical (unpaired) electrons. The summed E-state index contributed by atoms with van der Waals surface area (Å²) in [6.45, 7) is 0. The number of rotatable bonds is 4. The van der Waals surface area contributed by atoms with Gasteiger partial charge >= 0.3 is 0 Å². The molecule has 0 aliphatic heterocycles. The van der Waals surface area contributed by atoms with Gasteiger partial charge in [0.25, 0.3) is 0 Å². The summed E-state index contributed by atoms with van der Waals surface area (Å²) in [4.78, 5) is 0. The number of aliphatic hydroxyl groups is 2. The summed E-state index contributed by atoms with van der Waals surface area (Å²) < 4.78 is 0. The molecule has 3 N–H and O–H groups in total. The summed E-state index contributed by atoms with van der Waals surface area (Å²) in [7, 11) is 0. The summed E-state index contributed by atoms with van der Waals surface area (Å²) in [5.74, 6) is 0. The molecule has 0 fully saturated rings. The fraction of sp³-hybridized carbons (Fsp3) is 0.143. The maximum absolute atomic E-state index is 11.0. The molecule has 0 aliphatic rings. The lowest BCUT2D eigenvalue weighted by Crippen LogP contribution is -2.16. The van der Waals surface area contributed by atoms with Crippen molar-refractivity contribution in [2.45, 2.75) is 12.2 Å². The van der Waals surface area contributed by atoms with Crippen LogP contribution in [0, 0.1) is 5.21 Å². The number of aliphatic hydroxyl groups excluding tert-OH is 2. The van der Waals surface area contributed by atoms with Gasteiger partial charge in [0.15, 0.2) is 0 Å². The molecule has 0 unspecified atom stereocenters. The molecule has 0 amide bonds. The van der Waals surface area contributed by atoms with Crippen LogP contribution in [-0.2, 0) is 0 Å². The van der Waals surface area contributed by atoms with Gasteiger partial charge in [0, 0.05) is 5.56 Å². The molecule has 100 valence electrons. The van der Waals surface area contributed by atoms with Gasteiger partial charge in [-0.05, 0) is 11.6 Å². The lowest BCUT2D eigenvalue weighted by atomic mass is 9.97. The average Bonchev–Trinajstić information content (AvgIpc) is 2.46. The molecule has 0 heterocycles. The number of nitrogens with zero attached hydrogens (tertiary/aromatic N) is 1. The zero-order valence-electron chi connectivity index (χ0n) is 10.0. The van der Waals surface area contributed by atoms with Crippen LogP contribution in [0.5, 0.6) is 0 Å². The Hall–Kier alpha value is -1.92. The van der Waals surface area contributed by atoms with E-state index in [1.165, 1.54) is 12.1 Å². The molecule has 5 heteroatoms. The van der Waals surface area contributed by atoms with Crippen molar-refractivity contribution < 1.29 is 15.4 Å². The van der Waals surface area contributed by atoms with E-state index in [9.17, 15) is 15.4 Å². The van der Waals surface area contributed by atoms with Gasteiger partial charge in [-0.1, -0.05) is 48.5 Å². The lowest BCUT2D eigenvalue weighted by molar-refractivity contribution is 0.0171. The second-order valence-electron chi connectivity index (χ2n) is 4.13. The van der Waals surface area contributed by atoms with Gasteiger partial charge in [0.05, 0.1) is 5.69 Å². The Kier molecular flexibility index (Phi) is 4.13. The highest BCUT2D eigenvalue weighted by Crippen LogP contribution is 2.33. The van der Waals surface area contributed by atoms with Crippen LogP contribution in [0.2, 0.25) is 0 Å². The molecule has 19 heavy (non-hydrogen) atoms. The minimum absolute atomic E-state index is 0.0926. The number of hydrogen-bond donors (Lipinski definition) is 3. The van der Waals surface area contributed by atoms with E-state index in [4.69, 9.17) is 5.21 Å². The highest BCUT2D eigenvalue weighted by atomic mass is 16.8. The predicted molar refractivity (Wildman–Crippen MR) is 70.4 cm³/mol. The molecule has 2 atom stereocenters. The molecule has 2 aromatic carbocycles. The Morgan fingerprint density at radius 3 is 2.05 bits per heavy atom. The van der Waals surface area contributed by atoms with Gasteiger partial charge in [-0.15, -0.1) is 0 Å². The van der Waals surface area contributed by atoms with E-state index in [1.54, 1.807) is 42.5 Å². The van der Waals surface area contributed by atoms with Crippen LogP contribution in [-0.4, -0.2) is 15.4 Å². The standard InChI is InChI=1S/C14H14NO4/c16-13(10-6-2-1-3-7-10)14(17)11-8-4-5-9-12(11)15(18)19/h1-9,13-14,16-18H/q-1/t13-,14-/m0/s1. The zero-order chi connectivity index (χ0) is 13.8. The molecule has 0 saturated carbocycles. The average molecular weight is 260 g/mol. The minimum atomic E-state index is -1.30. The molecule has 0 spiro atoms. The van der Waals surface area contributed by atoms with Crippen LogP contribution < -0.4 is 5.23 Å². The van der Waals surface area contributed by atoms with Crippen molar-refractivity contribution in [1.29, 1.82) is 0 Å². The molecule has 0 bridgehead atoms. The first-order valence-electron chi connectivity index (χ1n) is 5.77. The first-order valence-corrected chi connectivity index (χ1v) is 5.77. The van der Waals surface area contributed by atoms with Crippen molar-refractivity contribution in [2.24, 2.45) is 0 Å². The van der Waals surface area contributed by atoms with E-state index in [2.05, 4.69) is 0 Å². The molecular weight excluding hydrogens is 246 g/mol. The van der Waals surface area contributed by atoms with Gasteiger partial charge in [0.1, 0.15) is 12.2 Å². The topological polar surface area (TPSA) is 87.0 Å². The van der Waals surface area contributed by atoms with Gasteiger partial charge in [-0.3, -0.25) is 5.21 Å². The summed E-state index contributed by atoms with van der Waals surface area (Å²) in [5.41, 5.74) is 0.599. The highest BCUT2D eigenvalue weighted by molar-refractivity contribution is 5.53. The number of para-hydroxylation sites is 1. The highest BCUT2D eigenvalue weighted by Gasteiger charge is 2.22. The Morgan fingerprint density at radius 2 is 1.42 bits per heavy atom. The van der Waals surface area contributed by atoms with Crippen LogP contribution in [0.25, 0.3) is 0 Å². The van der Waals surface area contributed by atoms with Crippen LogP contribution >= 0.6 is 0 Å². The van der Waals surface area contributed by atoms with E-state index in [-0.39, 0.29) is 16.5 Å². The Morgan fingerprint density at radius 1 is 0.842 bits per heavy atom. The predicted octanol–water partition coefficient (Wildman–Crippen LogP) is 2.15. The maximum atomic E-state index is 11.0. The fourth-order valence-electron chi connectivity index (χ4n) is 1.91. The van der Waals surface area contributed by atoms with Crippen molar-refractivity contribution in [3.05, 3.63) is 70.9 Å². The SMILES string of the molecule is [O-]N(O)c1ccccc1[C@H](O)[C@@H](O)c1ccccc1. The first kappa shape index (κ1) is 13.5. The molecule has 5 nitrogen and oxygen atoms in total. The van der Waals surface area contributed by atoms with Crippen LogP contribution in [0.1, 0.15) is 23.3 Å². The molecule has 2 aromatic rings. The van der Waals surface area contributed by atoms with Crippen molar-refractivity contribution in [2.75, 3.05) is 5.23 Å². The number of benzene rings is 2. The van der Waals surface area contributed by atoms with Gasteiger partial charge in [-0.25, -0.2) is 0 Å². The summed E-state index contributed by atoms with van der Waals surface area (Å²) in [6, 6.07) is 14.6. The van der Waals surface area contributed by atoms with Crippen LogP contribution in [0.4, 0.5) is 5.69 Å². The smallest absolute Gasteiger partial charge is 0.111 e. The van der Waals surface area contributed by atoms with Crippen LogP contribution in [0.15, 0.2) is 54.6 Å². The third-order valence-corrected chi connectivity index (χ3v) is 2.90. The quantitative estimate of drug-likeness (QED) is 0.733. The van der Waals surface area contributed by atoms with Gasteiger partial charge in [-0.2, -0.15) is 0 Å². The first-order chi connectivity index (χ1) is 9.11. The maximum Gasteiger partial charge on any atom is 0.111 e. The third kappa shape index (κ3) is 2.91. The molecule has 0 saturated heterocycles. The van der Waals surface area contributed by atoms with Crippen molar-refractivity contribution in [3.63, 3.8) is 0 Å². The van der Waals surface area contributed by atoms with E-state index in [0.717, 1.165) is 0 Å². The van der Waals surface area contributed by atoms with E-state index in [1.807, 2.05) is 0 Å². The lowest BCUT2D eigenvalue weighted by Gasteiger charge is -2.28. The monoisotopic (exact) mass is 260 g/mol. The number of anilines is 1. The van der Waals surface area contributed by atoms with E-state index < -0.39 is 12.2 Å². The number of hydrogen-bond acceptors (Lipinski definition) is 5. The molecule has 0 aromatic heterocycles. The van der Waals surface area contributed by atoms with Crippen LogP contribution in [0.3, 0.4) is 0 Å².